The average Bonchev–Trinajstić information content (AvgIpc) is 2.39. The minimum absolute atomic E-state index is 0.0192. The molecule has 3 heteroatoms. The maximum Gasteiger partial charge on any atom is 0.117 e. The molecule has 88 valence electrons. The van der Waals surface area contributed by atoms with Crippen molar-refractivity contribution >= 4 is 0 Å². The summed E-state index contributed by atoms with van der Waals surface area (Å²) < 4.78 is 5.33. The molecule has 1 fully saturated rings. The Morgan fingerprint density at radius 2 is 2.00 bits per heavy atom. The van der Waals surface area contributed by atoms with Gasteiger partial charge in [-0.3, -0.25) is 0 Å². The molecular formula is C13H19NO2. The molecule has 1 aliphatic carbocycles. The molecule has 0 saturated carbocycles. The van der Waals surface area contributed by atoms with Crippen LogP contribution in [0.3, 0.4) is 0 Å². The molecule has 0 atom stereocenters. The van der Waals surface area contributed by atoms with Crippen molar-refractivity contribution in [3.05, 3.63) is 35.8 Å². The first-order valence-corrected chi connectivity index (χ1v) is 5.72. The molecule has 2 rings (SSSR count). The Balaban J connectivity index is 2.23. The molecule has 0 bridgehead atoms. The molecule has 1 saturated heterocycles. The van der Waals surface area contributed by atoms with E-state index in [4.69, 9.17) is 4.74 Å². The quantitative estimate of drug-likeness (QED) is 0.737. The predicted molar refractivity (Wildman–Crippen MR) is 64.1 cm³/mol. The number of nitrogens with zero attached hydrogens (tertiary/aromatic N) is 1. The van der Waals surface area contributed by atoms with Gasteiger partial charge in [0.1, 0.15) is 5.76 Å². The van der Waals surface area contributed by atoms with Crippen LogP contribution < -0.4 is 0 Å². The van der Waals surface area contributed by atoms with Crippen LogP contribution in [0.25, 0.3) is 0 Å². The third kappa shape index (κ3) is 2.67. The normalized spacial score (nSPS) is 24.8. The maximum atomic E-state index is 9.70. The molecule has 0 aromatic rings. The number of aliphatic hydroxyl groups is 1. The summed E-state index contributed by atoms with van der Waals surface area (Å²) >= 11 is 0. The highest BCUT2D eigenvalue weighted by molar-refractivity contribution is 5.33. The Morgan fingerprint density at radius 1 is 1.31 bits per heavy atom. The highest BCUT2D eigenvalue weighted by atomic mass is 16.5. The van der Waals surface area contributed by atoms with Crippen molar-refractivity contribution in [3.63, 3.8) is 0 Å². The molecule has 0 aromatic carbocycles. The lowest BCUT2D eigenvalue weighted by Gasteiger charge is -2.31. The summed E-state index contributed by atoms with van der Waals surface area (Å²) in [6, 6.07) is 0. The summed E-state index contributed by atoms with van der Waals surface area (Å²) in [5, 5.41) is 9.70. The first-order valence-electron chi connectivity index (χ1n) is 5.72. The molecule has 0 aromatic heterocycles. The number of morpholine rings is 1. The number of allylic oxidation sites excluding steroid dienone is 4. The number of ether oxygens (including phenoxy) is 1. The number of rotatable bonds is 1. The van der Waals surface area contributed by atoms with E-state index in [0.29, 0.717) is 5.76 Å². The predicted octanol–water partition coefficient (Wildman–Crippen LogP) is 2.24. The minimum atomic E-state index is -0.0192. The minimum Gasteiger partial charge on any atom is -0.508 e. The van der Waals surface area contributed by atoms with Gasteiger partial charge in [-0.2, -0.15) is 0 Å². The van der Waals surface area contributed by atoms with Crippen LogP contribution in [0.15, 0.2) is 35.8 Å². The molecule has 0 radical (unpaired) electrons. The van der Waals surface area contributed by atoms with Gasteiger partial charge in [0.25, 0.3) is 0 Å². The van der Waals surface area contributed by atoms with Crippen LogP contribution in [0.5, 0.6) is 0 Å². The van der Waals surface area contributed by atoms with Crippen LogP contribution in [0, 0.1) is 5.41 Å². The molecule has 1 aliphatic heterocycles. The summed E-state index contributed by atoms with van der Waals surface area (Å²) in [7, 11) is 0. The Kier molecular flexibility index (Phi) is 3.06. The Hall–Kier alpha value is -1.22. The fraction of sp³-hybridized carbons (Fsp3) is 0.538. The second-order valence-electron chi connectivity index (χ2n) is 4.89. The van der Waals surface area contributed by atoms with Gasteiger partial charge in [-0.05, 0) is 6.08 Å². The molecule has 0 amide bonds. The standard InChI is InChI=1S/C13H19NO2/c1-13(2)4-3-12(15)9-11(10-13)14-5-7-16-8-6-14/h3-4,9-10,15H,5-8H2,1-2H3. The van der Waals surface area contributed by atoms with Crippen LogP contribution in [0.4, 0.5) is 0 Å². The van der Waals surface area contributed by atoms with Gasteiger partial charge in [0.15, 0.2) is 0 Å². The third-order valence-electron chi connectivity index (χ3n) is 2.88. The van der Waals surface area contributed by atoms with Crippen LogP contribution in [-0.2, 0) is 4.74 Å². The fourth-order valence-corrected chi connectivity index (χ4v) is 1.97. The van der Waals surface area contributed by atoms with Crippen LogP contribution in [0.1, 0.15) is 13.8 Å². The van der Waals surface area contributed by atoms with Gasteiger partial charge < -0.3 is 14.7 Å². The summed E-state index contributed by atoms with van der Waals surface area (Å²) in [6.45, 7) is 7.59. The van der Waals surface area contributed by atoms with E-state index >= 15 is 0 Å². The van der Waals surface area contributed by atoms with Crippen molar-refractivity contribution in [2.75, 3.05) is 26.3 Å². The Morgan fingerprint density at radius 3 is 2.69 bits per heavy atom. The average molecular weight is 221 g/mol. The van der Waals surface area contributed by atoms with Crippen molar-refractivity contribution in [2.45, 2.75) is 13.8 Å². The zero-order chi connectivity index (χ0) is 11.6. The smallest absolute Gasteiger partial charge is 0.117 e. The molecule has 0 spiro atoms. The summed E-state index contributed by atoms with van der Waals surface area (Å²) in [5.74, 6) is 0.323. The van der Waals surface area contributed by atoms with Gasteiger partial charge in [0.05, 0.1) is 13.2 Å². The van der Waals surface area contributed by atoms with E-state index in [-0.39, 0.29) is 5.41 Å². The van der Waals surface area contributed by atoms with Gasteiger partial charge >= 0.3 is 0 Å². The fourth-order valence-electron chi connectivity index (χ4n) is 1.97. The van der Waals surface area contributed by atoms with Gasteiger partial charge in [-0.15, -0.1) is 0 Å². The second kappa shape index (κ2) is 4.34. The molecule has 2 aliphatic rings. The monoisotopic (exact) mass is 221 g/mol. The zero-order valence-electron chi connectivity index (χ0n) is 9.94. The van der Waals surface area contributed by atoms with E-state index in [0.717, 1.165) is 32.0 Å². The van der Waals surface area contributed by atoms with Gasteiger partial charge in [-0.1, -0.05) is 26.0 Å². The van der Waals surface area contributed by atoms with Gasteiger partial charge in [-0.25, -0.2) is 0 Å². The lowest BCUT2D eigenvalue weighted by molar-refractivity contribution is 0.0548. The Labute approximate surface area is 96.7 Å². The van der Waals surface area contributed by atoms with E-state index in [2.05, 4.69) is 24.8 Å². The van der Waals surface area contributed by atoms with Gasteiger partial charge in [0.2, 0.25) is 0 Å². The van der Waals surface area contributed by atoms with E-state index in [1.807, 2.05) is 12.2 Å². The lowest BCUT2D eigenvalue weighted by atomic mass is 9.92. The molecular weight excluding hydrogens is 202 g/mol. The number of hydrogen-bond acceptors (Lipinski definition) is 3. The van der Waals surface area contributed by atoms with E-state index in [1.54, 1.807) is 6.08 Å². The highest BCUT2D eigenvalue weighted by Gasteiger charge is 2.19. The third-order valence-corrected chi connectivity index (χ3v) is 2.88. The maximum absolute atomic E-state index is 9.70. The molecule has 0 unspecified atom stereocenters. The highest BCUT2D eigenvalue weighted by Crippen LogP contribution is 2.27. The molecule has 16 heavy (non-hydrogen) atoms. The van der Waals surface area contributed by atoms with Crippen molar-refractivity contribution in [1.29, 1.82) is 0 Å². The zero-order valence-corrected chi connectivity index (χ0v) is 9.94. The summed E-state index contributed by atoms with van der Waals surface area (Å²) in [6.07, 6.45) is 7.81. The molecule has 1 heterocycles. The molecule has 3 nitrogen and oxygen atoms in total. The van der Waals surface area contributed by atoms with Crippen molar-refractivity contribution < 1.29 is 9.84 Å². The van der Waals surface area contributed by atoms with Crippen molar-refractivity contribution in [1.82, 2.24) is 4.90 Å². The van der Waals surface area contributed by atoms with Crippen LogP contribution in [0.2, 0.25) is 0 Å². The first-order chi connectivity index (χ1) is 7.57. The topological polar surface area (TPSA) is 32.7 Å². The lowest BCUT2D eigenvalue weighted by Crippen LogP contribution is -2.35. The largest absolute Gasteiger partial charge is 0.508 e. The van der Waals surface area contributed by atoms with E-state index in [9.17, 15) is 5.11 Å². The van der Waals surface area contributed by atoms with Crippen LogP contribution in [-0.4, -0.2) is 36.3 Å². The summed E-state index contributed by atoms with van der Waals surface area (Å²) in [5.41, 5.74) is 1.07. The van der Waals surface area contributed by atoms with Crippen LogP contribution >= 0.6 is 0 Å². The van der Waals surface area contributed by atoms with Crippen molar-refractivity contribution in [2.24, 2.45) is 5.41 Å². The number of hydrogen-bond donors (Lipinski definition) is 1. The second-order valence-corrected chi connectivity index (χ2v) is 4.89. The van der Waals surface area contributed by atoms with E-state index in [1.165, 1.54) is 0 Å². The first kappa shape index (κ1) is 11.3. The SMILES string of the molecule is CC1(C)C=CC(O)=CC(N2CCOCC2)=C1. The Bertz CT molecular complexity index is 347. The van der Waals surface area contributed by atoms with Crippen molar-refractivity contribution in [3.8, 4) is 0 Å². The summed E-state index contributed by atoms with van der Waals surface area (Å²) in [4.78, 5) is 2.26. The van der Waals surface area contributed by atoms with E-state index < -0.39 is 0 Å². The number of aliphatic hydroxyl groups excluding tert-OH is 1. The molecule has 1 N–H and O–H groups in total. The van der Waals surface area contributed by atoms with Gasteiger partial charge in [0, 0.05) is 30.3 Å².